The van der Waals surface area contributed by atoms with Crippen molar-refractivity contribution in [2.75, 3.05) is 20.1 Å². The first-order valence-corrected chi connectivity index (χ1v) is 5.95. The topological polar surface area (TPSA) is 70.7 Å². The Morgan fingerprint density at radius 1 is 1.44 bits per heavy atom. The van der Waals surface area contributed by atoms with Crippen molar-refractivity contribution in [3.05, 3.63) is 11.3 Å². The molecule has 6 heteroatoms. The number of carbonyl (C=O) groups excluding carboxylic acids is 2. The van der Waals surface area contributed by atoms with Gasteiger partial charge in [-0.05, 0) is 20.8 Å². The van der Waals surface area contributed by atoms with Crippen LogP contribution in [0.1, 0.15) is 27.2 Å². The van der Waals surface area contributed by atoms with Gasteiger partial charge in [0.15, 0.2) is 0 Å². The third-order valence-electron chi connectivity index (χ3n) is 2.45. The summed E-state index contributed by atoms with van der Waals surface area (Å²) in [4.78, 5) is 24.4. The summed E-state index contributed by atoms with van der Waals surface area (Å²) in [6, 6.07) is 0. The summed E-state index contributed by atoms with van der Waals surface area (Å²) in [6.07, 6.45) is 0.995. The lowest BCUT2D eigenvalue weighted by molar-refractivity contribution is -0.105. The average Bonchev–Trinajstić information content (AvgIpc) is 2.27. The summed E-state index contributed by atoms with van der Waals surface area (Å²) in [7, 11) is 1.73. The van der Waals surface area contributed by atoms with Crippen molar-refractivity contribution in [3.8, 4) is 0 Å². The monoisotopic (exact) mass is 255 g/mol. The standard InChI is InChI=1S/C12H21N3O3/c1-12(2,3)18-11(17)15-6-5-10(14-13-4)9(7-15)8-16/h8,13-14H,5-7H2,1-4H3. The minimum Gasteiger partial charge on any atom is -0.444 e. The van der Waals surface area contributed by atoms with Gasteiger partial charge in [-0.15, -0.1) is 0 Å². The van der Waals surface area contributed by atoms with Crippen molar-refractivity contribution in [1.82, 2.24) is 15.8 Å². The van der Waals surface area contributed by atoms with E-state index < -0.39 is 5.60 Å². The van der Waals surface area contributed by atoms with Crippen LogP contribution in [0, 0.1) is 0 Å². The molecule has 6 nitrogen and oxygen atoms in total. The Kier molecular flexibility index (Phi) is 4.72. The van der Waals surface area contributed by atoms with Gasteiger partial charge in [-0.1, -0.05) is 0 Å². The molecule has 2 N–H and O–H groups in total. The Labute approximate surface area is 107 Å². The fraction of sp³-hybridized carbons (Fsp3) is 0.667. The molecule has 0 saturated heterocycles. The fourth-order valence-corrected chi connectivity index (χ4v) is 1.67. The minimum atomic E-state index is -0.522. The molecule has 102 valence electrons. The van der Waals surface area contributed by atoms with Crippen molar-refractivity contribution in [3.63, 3.8) is 0 Å². The summed E-state index contributed by atoms with van der Waals surface area (Å²) >= 11 is 0. The van der Waals surface area contributed by atoms with Crippen molar-refractivity contribution in [2.45, 2.75) is 32.8 Å². The molecule has 0 spiro atoms. The number of aldehydes is 1. The normalized spacial score (nSPS) is 16.6. The predicted octanol–water partition coefficient (Wildman–Crippen LogP) is 0.804. The molecule has 0 saturated carbocycles. The van der Waals surface area contributed by atoms with Gasteiger partial charge >= 0.3 is 6.09 Å². The Morgan fingerprint density at radius 3 is 2.61 bits per heavy atom. The number of hydrazine groups is 1. The second kappa shape index (κ2) is 5.86. The highest BCUT2D eigenvalue weighted by Crippen LogP contribution is 2.17. The van der Waals surface area contributed by atoms with Crippen LogP contribution in [0.15, 0.2) is 11.3 Å². The molecule has 1 rings (SSSR count). The number of rotatable bonds is 3. The first-order chi connectivity index (χ1) is 8.37. The SMILES string of the molecule is CNNC1=C(C=O)CN(C(=O)OC(C)(C)C)CC1. The number of amides is 1. The lowest BCUT2D eigenvalue weighted by Crippen LogP contribution is -2.43. The molecule has 0 bridgehead atoms. The maximum Gasteiger partial charge on any atom is 0.410 e. The van der Waals surface area contributed by atoms with E-state index in [0.29, 0.717) is 18.5 Å². The van der Waals surface area contributed by atoms with Crippen LogP contribution in [0.25, 0.3) is 0 Å². The van der Waals surface area contributed by atoms with Crippen molar-refractivity contribution < 1.29 is 14.3 Å². The number of hydrogen-bond acceptors (Lipinski definition) is 5. The lowest BCUT2D eigenvalue weighted by Gasteiger charge is -2.31. The first-order valence-electron chi connectivity index (χ1n) is 5.95. The van der Waals surface area contributed by atoms with Crippen LogP contribution in [0.5, 0.6) is 0 Å². The number of carbonyl (C=O) groups is 2. The van der Waals surface area contributed by atoms with Gasteiger partial charge in [0.05, 0.1) is 6.54 Å². The summed E-state index contributed by atoms with van der Waals surface area (Å²) in [6.45, 7) is 6.27. The highest BCUT2D eigenvalue weighted by Gasteiger charge is 2.26. The van der Waals surface area contributed by atoms with Gasteiger partial charge in [0.1, 0.15) is 11.9 Å². The van der Waals surface area contributed by atoms with Crippen LogP contribution in [-0.4, -0.2) is 43.0 Å². The molecule has 0 atom stereocenters. The zero-order valence-electron chi connectivity index (χ0n) is 11.4. The number of nitrogens with zero attached hydrogens (tertiary/aromatic N) is 1. The largest absolute Gasteiger partial charge is 0.444 e. The van der Waals surface area contributed by atoms with Crippen LogP contribution in [0.2, 0.25) is 0 Å². The van der Waals surface area contributed by atoms with E-state index in [1.54, 1.807) is 7.05 Å². The maximum absolute atomic E-state index is 11.9. The van der Waals surface area contributed by atoms with Crippen molar-refractivity contribution in [2.24, 2.45) is 0 Å². The highest BCUT2D eigenvalue weighted by molar-refractivity contribution is 5.78. The van der Waals surface area contributed by atoms with E-state index in [2.05, 4.69) is 10.9 Å². The van der Waals surface area contributed by atoms with Crippen LogP contribution in [0.4, 0.5) is 4.79 Å². The zero-order valence-corrected chi connectivity index (χ0v) is 11.4. The van der Waals surface area contributed by atoms with E-state index in [0.717, 1.165) is 12.0 Å². The molecule has 0 radical (unpaired) electrons. The van der Waals surface area contributed by atoms with E-state index in [4.69, 9.17) is 4.74 Å². The second-order valence-electron chi connectivity index (χ2n) is 5.15. The van der Waals surface area contributed by atoms with E-state index in [9.17, 15) is 9.59 Å². The Balaban J connectivity index is 2.69. The molecular formula is C12H21N3O3. The molecule has 0 aromatic rings. The molecule has 0 aromatic heterocycles. The van der Waals surface area contributed by atoms with E-state index in [1.165, 1.54) is 4.90 Å². The van der Waals surface area contributed by atoms with Gasteiger partial charge in [-0.25, -0.2) is 10.2 Å². The maximum atomic E-state index is 11.9. The molecular weight excluding hydrogens is 234 g/mol. The summed E-state index contributed by atoms with van der Waals surface area (Å²) < 4.78 is 5.28. The fourth-order valence-electron chi connectivity index (χ4n) is 1.67. The zero-order chi connectivity index (χ0) is 13.8. The summed E-state index contributed by atoms with van der Waals surface area (Å²) in [5, 5.41) is 0. The van der Waals surface area contributed by atoms with Crippen LogP contribution < -0.4 is 10.9 Å². The Hall–Kier alpha value is -1.56. The van der Waals surface area contributed by atoms with E-state index in [1.807, 2.05) is 20.8 Å². The number of hydrogen-bond donors (Lipinski definition) is 2. The van der Waals surface area contributed by atoms with Crippen LogP contribution >= 0.6 is 0 Å². The highest BCUT2D eigenvalue weighted by atomic mass is 16.6. The smallest absolute Gasteiger partial charge is 0.410 e. The van der Waals surface area contributed by atoms with Crippen LogP contribution in [-0.2, 0) is 9.53 Å². The first kappa shape index (κ1) is 14.5. The molecule has 0 fully saturated rings. The molecule has 1 amide bonds. The Bertz CT molecular complexity index is 358. The van der Waals surface area contributed by atoms with Gasteiger partial charge < -0.3 is 15.1 Å². The number of nitrogens with one attached hydrogen (secondary N) is 2. The van der Waals surface area contributed by atoms with Gasteiger partial charge in [0.25, 0.3) is 0 Å². The predicted molar refractivity (Wildman–Crippen MR) is 67.7 cm³/mol. The van der Waals surface area contributed by atoms with Crippen molar-refractivity contribution in [1.29, 1.82) is 0 Å². The Morgan fingerprint density at radius 2 is 2.11 bits per heavy atom. The third kappa shape index (κ3) is 4.03. The van der Waals surface area contributed by atoms with E-state index in [-0.39, 0.29) is 12.6 Å². The molecule has 0 aliphatic carbocycles. The molecule has 0 aromatic carbocycles. The van der Waals surface area contributed by atoms with Crippen LogP contribution in [0.3, 0.4) is 0 Å². The molecule has 0 unspecified atom stereocenters. The van der Waals surface area contributed by atoms with Gasteiger partial charge in [0, 0.05) is 31.3 Å². The molecule has 18 heavy (non-hydrogen) atoms. The summed E-state index contributed by atoms with van der Waals surface area (Å²) in [5.41, 5.74) is 6.57. The van der Waals surface area contributed by atoms with E-state index >= 15 is 0 Å². The van der Waals surface area contributed by atoms with Gasteiger partial charge in [0.2, 0.25) is 0 Å². The molecule has 1 heterocycles. The van der Waals surface area contributed by atoms with Gasteiger partial charge in [-0.2, -0.15) is 0 Å². The quantitative estimate of drug-likeness (QED) is 0.576. The summed E-state index contributed by atoms with van der Waals surface area (Å²) in [5.74, 6) is 0. The lowest BCUT2D eigenvalue weighted by atomic mass is 10.1. The van der Waals surface area contributed by atoms with Crippen molar-refractivity contribution >= 4 is 12.4 Å². The minimum absolute atomic E-state index is 0.280. The molecule has 1 aliphatic heterocycles. The van der Waals surface area contributed by atoms with Gasteiger partial charge in [-0.3, -0.25) is 4.79 Å². The number of ether oxygens (including phenoxy) is 1. The third-order valence-corrected chi connectivity index (χ3v) is 2.45. The average molecular weight is 255 g/mol. The second-order valence-corrected chi connectivity index (χ2v) is 5.15. The molecule has 1 aliphatic rings.